The van der Waals surface area contributed by atoms with Gasteiger partial charge in [-0.2, -0.15) is 8.78 Å². The average Bonchev–Trinajstić information content (AvgIpc) is 2.37. The van der Waals surface area contributed by atoms with Crippen molar-refractivity contribution in [1.29, 1.82) is 0 Å². The number of aliphatic hydroxyl groups is 1. The van der Waals surface area contributed by atoms with Crippen LogP contribution in [0.4, 0.5) is 8.78 Å². The van der Waals surface area contributed by atoms with Gasteiger partial charge in [-0.3, -0.25) is 0 Å². The molecule has 1 unspecified atom stereocenters. The van der Waals surface area contributed by atoms with E-state index >= 15 is 0 Å². The molecule has 0 aliphatic heterocycles. The van der Waals surface area contributed by atoms with Gasteiger partial charge in [-0.05, 0) is 30.9 Å². The minimum atomic E-state index is -3.50. The van der Waals surface area contributed by atoms with Crippen molar-refractivity contribution in [2.75, 3.05) is 0 Å². The lowest BCUT2D eigenvalue weighted by atomic mass is 10.1. The third-order valence-electron chi connectivity index (χ3n) is 1.97. The molecule has 1 nitrogen and oxygen atoms in total. The summed E-state index contributed by atoms with van der Waals surface area (Å²) in [5.41, 5.74) is 0.892. The smallest absolute Gasteiger partial charge is 0.347 e. The first-order valence-corrected chi connectivity index (χ1v) is 4.30. The van der Waals surface area contributed by atoms with Crippen LogP contribution in [0.2, 0.25) is 0 Å². The molecule has 0 aromatic carbocycles. The van der Waals surface area contributed by atoms with Crippen LogP contribution < -0.4 is 0 Å². The third-order valence-corrected chi connectivity index (χ3v) is 2.22. The molecule has 70 valence electrons. The first-order valence-electron chi connectivity index (χ1n) is 3.93. The highest BCUT2D eigenvalue weighted by atomic mass is 35.5. The maximum atomic E-state index is 12.3. The number of alkyl halides is 3. The molecule has 0 amide bonds. The maximum absolute atomic E-state index is 12.3. The van der Waals surface area contributed by atoms with Crippen molar-refractivity contribution in [1.82, 2.24) is 0 Å². The Morgan fingerprint density at radius 2 is 2.33 bits per heavy atom. The summed E-state index contributed by atoms with van der Waals surface area (Å²) >= 11 is 4.65. The van der Waals surface area contributed by atoms with Crippen molar-refractivity contribution in [3.63, 3.8) is 0 Å². The van der Waals surface area contributed by atoms with Crippen LogP contribution in [0, 0.1) is 0 Å². The van der Waals surface area contributed by atoms with E-state index in [0.717, 1.165) is 24.8 Å². The lowest BCUT2D eigenvalue weighted by Crippen LogP contribution is -2.27. The van der Waals surface area contributed by atoms with Crippen LogP contribution in [0.1, 0.15) is 25.7 Å². The number of hydrogen-bond donors (Lipinski definition) is 1. The Morgan fingerprint density at radius 3 is 2.75 bits per heavy atom. The van der Waals surface area contributed by atoms with E-state index in [9.17, 15) is 8.78 Å². The van der Waals surface area contributed by atoms with E-state index in [1.54, 1.807) is 0 Å². The monoisotopic (exact) mass is 196 g/mol. The summed E-state index contributed by atoms with van der Waals surface area (Å²) in [5, 5.41) is 5.43. The highest BCUT2D eigenvalue weighted by Gasteiger charge is 2.35. The molecule has 1 rings (SSSR count). The zero-order chi connectivity index (χ0) is 9.19. The van der Waals surface area contributed by atoms with Crippen LogP contribution in [-0.4, -0.2) is 16.6 Å². The lowest BCUT2D eigenvalue weighted by Gasteiger charge is -2.15. The van der Waals surface area contributed by atoms with Gasteiger partial charge in [0.05, 0.1) is 0 Å². The number of aliphatic hydroxyl groups excluding tert-OH is 1. The van der Waals surface area contributed by atoms with E-state index in [-0.39, 0.29) is 6.42 Å². The molecule has 0 aromatic rings. The minimum absolute atomic E-state index is 0.00347. The molecular weight excluding hydrogens is 186 g/mol. The standard InChI is InChI=1S/C8H11ClF2O/c9-8(10,11)7(12)5-6-3-1-2-4-6/h3,7,12H,1-2,4-5H2. The van der Waals surface area contributed by atoms with E-state index in [1.807, 2.05) is 6.08 Å². The van der Waals surface area contributed by atoms with Crippen LogP contribution >= 0.6 is 11.6 Å². The van der Waals surface area contributed by atoms with Gasteiger partial charge in [0.25, 0.3) is 0 Å². The highest BCUT2D eigenvalue weighted by molar-refractivity contribution is 6.22. The fourth-order valence-corrected chi connectivity index (χ4v) is 1.36. The van der Waals surface area contributed by atoms with Crippen molar-refractivity contribution >= 4 is 11.6 Å². The predicted octanol–water partition coefficient (Wildman–Crippen LogP) is 2.68. The molecule has 1 aliphatic carbocycles. The average molecular weight is 197 g/mol. The molecule has 12 heavy (non-hydrogen) atoms. The van der Waals surface area contributed by atoms with Crippen molar-refractivity contribution in [2.24, 2.45) is 0 Å². The number of hydrogen-bond acceptors (Lipinski definition) is 1. The van der Waals surface area contributed by atoms with Gasteiger partial charge in [-0.25, -0.2) is 0 Å². The Hall–Kier alpha value is -0.150. The molecule has 0 fully saturated rings. The van der Waals surface area contributed by atoms with Gasteiger partial charge in [-0.1, -0.05) is 11.6 Å². The summed E-state index contributed by atoms with van der Waals surface area (Å²) in [7, 11) is 0. The molecule has 0 spiro atoms. The summed E-state index contributed by atoms with van der Waals surface area (Å²) in [5.74, 6) is 0. The number of rotatable bonds is 3. The van der Waals surface area contributed by atoms with E-state index in [2.05, 4.69) is 11.6 Å². The molecule has 0 saturated carbocycles. The first-order chi connectivity index (χ1) is 5.50. The van der Waals surface area contributed by atoms with Gasteiger partial charge < -0.3 is 5.11 Å². The topological polar surface area (TPSA) is 20.2 Å². The molecule has 0 heterocycles. The van der Waals surface area contributed by atoms with Crippen molar-refractivity contribution in [2.45, 2.75) is 37.2 Å². The molecule has 0 saturated heterocycles. The number of allylic oxidation sites excluding steroid dienone is 1. The molecule has 0 radical (unpaired) electrons. The van der Waals surface area contributed by atoms with Crippen LogP contribution in [0.15, 0.2) is 11.6 Å². The number of halogens is 3. The Bertz CT molecular complexity index is 186. The largest absolute Gasteiger partial charge is 0.385 e. The molecule has 0 aromatic heterocycles. The van der Waals surface area contributed by atoms with Crippen molar-refractivity contribution in [3.8, 4) is 0 Å². The Morgan fingerprint density at radius 1 is 1.67 bits per heavy atom. The van der Waals surface area contributed by atoms with Crippen molar-refractivity contribution < 1.29 is 13.9 Å². The highest BCUT2D eigenvalue weighted by Crippen LogP contribution is 2.30. The second-order valence-electron chi connectivity index (χ2n) is 3.02. The van der Waals surface area contributed by atoms with E-state index in [4.69, 9.17) is 5.11 Å². The van der Waals surface area contributed by atoms with Crippen LogP contribution in [0.5, 0.6) is 0 Å². The fraction of sp³-hybridized carbons (Fsp3) is 0.750. The summed E-state index contributed by atoms with van der Waals surface area (Å²) in [6, 6.07) is 0. The SMILES string of the molecule is OC(CC1=CCCC1)C(F)(F)Cl. The second-order valence-corrected chi connectivity index (χ2v) is 3.52. The van der Waals surface area contributed by atoms with Crippen LogP contribution in [0.3, 0.4) is 0 Å². The van der Waals surface area contributed by atoms with Gasteiger partial charge in [-0.15, -0.1) is 0 Å². The van der Waals surface area contributed by atoms with Gasteiger partial charge in [0.1, 0.15) is 6.10 Å². The quantitative estimate of drug-likeness (QED) is 0.544. The van der Waals surface area contributed by atoms with Crippen LogP contribution in [-0.2, 0) is 0 Å². The van der Waals surface area contributed by atoms with Gasteiger partial charge in [0.15, 0.2) is 0 Å². The van der Waals surface area contributed by atoms with Crippen LogP contribution in [0.25, 0.3) is 0 Å². The Labute approximate surface area is 75.0 Å². The van der Waals surface area contributed by atoms with E-state index < -0.39 is 11.5 Å². The molecular formula is C8H11ClF2O. The second kappa shape index (κ2) is 3.71. The Balaban J connectivity index is 2.40. The van der Waals surface area contributed by atoms with Crippen molar-refractivity contribution in [3.05, 3.63) is 11.6 Å². The van der Waals surface area contributed by atoms with Gasteiger partial charge in [0.2, 0.25) is 0 Å². The molecule has 0 bridgehead atoms. The first kappa shape index (κ1) is 9.93. The Kier molecular flexibility index (Phi) is 3.07. The predicted molar refractivity (Wildman–Crippen MR) is 43.4 cm³/mol. The van der Waals surface area contributed by atoms with Gasteiger partial charge >= 0.3 is 5.38 Å². The zero-order valence-electron chi connectivity index (χ0n) is 6.56. The third kappa shape index (κ3) is 2.72. The minimum Gasteiger partial charge on any atom is -0.385 e. The lowest BCUT2D eigenvalue weighted by molar-refractivity contribution is -0.0399. The molecule has 1 N–H and O–H groups in total. The van der Waals surface area contributed by atoms with E-state index in [1.165, 1.54) is 0 Å². The molecule has 1 aliphatic rings. The summed E-state index contributed by atoms with van der Waals surface area (Å²) in [6.45, 7) is 0. The summed E-state index contributed by atoms with van der Waals surface area (Å²) in [6.07, 6.45) is 2.88. The van der Waals surface area contributed by atoms with Gasteiger partial charge in [0, 0.05) is 6.42 Å². The zero-order valence-corrected chi connectivity index (χ0v) is 7.32. The molecule has 1 atom stereocenters. The summed E-state index contributed by atoms with van der Waals surface area (Å²) in [4.78, 5) is 0. The molecule has 4 heteroatoms. The normalized spacial score (nSPS) is 20.8. The fourth-order valence-electron chi connectivity index (χ4n) is 1.29. The maximum Gasteiger partial charge on any atom is 0.347 e. The van der Waals surface area contributed by atoms with E-state index in [0.29, 0.717) is 0 Å². The summed E-state index contributed by atoms with van der Waals surface area (Å²) < 4.78 is 24.5.